The van der Waals surface area contributed by atoms with E-state index in [0.29, 0.717) is 5.02 Å². The third-order valence-corrected chi connectivity index (χ3v) is 6.70. The number of rotatable bonds is 6. The zero-order valence-electron chi connectivity index (χ0n) is 20.1. The maximum atomic E-state index is 7.15. The summed E-state index contributed by atoms with van der Waals surface area (Å²) in [5, 5.41) is 1.48. The lowest BCUT2D eigenvalue weighted by Gasteiger charge is -2.33. The van der Waals surface area contributed by atoms with Crippen LogP contribution in [0.5, 0.6) is 0 Å². The van der Waals surface area contributed by atoms with Gasteiger partial charge in [0.05, 0.1) is 10.5 Å². The summed E-state index contributed by atoms with van der Waals surface area (Å²) in [6, 6.07) is 20.1. The predicted octanol–water partition coefficient (Wildman–Crippen LogP) is 5.69. The highest BCUT2D eigenvalue weighted by Crippen LogP contribution is 2.43. The fourth-order valence-corrected chi connectivity index (χ4v) is 4.99. The van der Waals surface area contributed by atoms with Crippen LogP contribution in [0.4, 0.5) is 5.82 Å². The first-order valence-electron chi connectivity index (χ1n) is 11.3. The van der Waals surface area contributed by atoms with Gasteiger partial charge < -0.3 is 14.2 Å². The van der Waals surface area contributed by atoms with Crippen molar-refractivity contribution in [2.45, 2.75) is 5.60 Å². The smallest absolute Gasteiger partial charge is 0.177 e. The van der Waals surface area contributed by atoms with E-state index >= 15 is 0 Å². The molecule has 2 aromatic carbocycles. The first kappa shape index (κ1) is 23.0. The van der Waals surface area contributed by atoms with Crippen molar-refractivity contribution in [1.29, 1.82) is 0 Å². The third-order valence-electron chi connectivity index (χ3n) is 6.31. The lowest BCUT2D eigenvalue weighted by molar-refractivity contribution is 0.0483. The summed E-state index contributed by atoms with van der Waals surface area (Å²) in [4.78, 5) is 16.0. The molecule has 1 unspecified atom stereocenters. The van der Waals surface area contributed by atoms with Gasteiger partial charge in [0.25, 0.3) is 0 Å². The molecule has 3 aromatic heterocycles. The Labute approximate surface area is 209 Å². The van der Waals surface area contributed by atoms with Crippen molar-refractivity contribution >= 4 is 28.3 Å². The molecular weight excluding hydrogens is 458 g/mol. The van der Waals surface area contributed by atoms with Crippen molar-refractivity contribution in [3.8, 4) is 11.1 Å². The Bertz CT molecular complexity index is 1480. The molecule has 0 radical (unpaired) electrons. The highest BCUT2D eigenvalue weighted by Gasteiger charge is 2.41. The van der Waals surface area contributed by atoms with E-state index in [9.17, 15) is 0 Å². The third kappa shape index (κ3) is 3.75. The fourth-order valence-electron chi connectivity index (χ4n) is 4.64. The van der Waals surface area contributed by atoms with Crippen LogP contribution in [-0.4, -0.2) is 40.7 Å². The Morgan fingerprint density at radius 3 is 2.40 bits per heavy atom. The number of ether oxygens (including phenoxy) is 1. The number of imidazole rings is 1. The molecule has 0 amide bonds. The second kappa shape index (κ2) is 9.13. The van der Waals surface area contributed by atoms with E-state index < -0.39 is 5.60 Å². The Morgan fingerprint density at radius 1 is 0.971 bits per heavy atom. The van der Waals surface area contributed by atoms with E-state index in [1.807, 2.05) is 85.5 Å². The molecule has 35 heavy (non-hydrogen) atoms. The van der Waals surface area contributed by atoms with Crippen molar-refractivity contribution in [3.05, 3.63) is 107 Å². The second-order valence-electron chi connectivity index (χ2n) is 8.61. The number of pyridine rings is 2. The molecule has 6 nitrogen and oxygen atoms in total. The molecule has 5 aromatic rings. The molecule has 0 saturated heterocycles. The van der Waals surface area contributed by atoms with Crippen LogP contribution in [-0.2, 0) is 17.4 Å². The average molecular weight is 484 g/mol. The van der Waals surface area contributed by atoms with Crippen molar-refractivity contribution in [2.75, 3.05) is 26.1 Å². The molecular formula is C28H26ClN5O. The van der Waals surface area contributed by atoms with E-state index in [-0.39, 0.29) is 0 Å². The van der Waals surface area contributed by atoms with Gasteiger partial charge in [0.15, 0.2) is 5.60 Å². The van der Waals surface area contributed by atoms with Gasteiger partial charge in [-0.3, -0.25) is 4.98 Å². The average Bonchev–Trinajstić information content (AvgIpc) is 3.32. The second-order valence-corrected chi connectivity index (χ2v) is 8.98. The van der Waals surface area contributed by atoms with Crippen LogP contribution in [0.25, 0.3) is 22.0 Å². The molecule has 7 heteroatoms. The van der Waals surface area contributed by atoms with Gasteiger partial charge in [0, 0.05) is 69.6 Å². The highest BCUT2D eigenvalue weighted by molar-refractivity contribution is 6.38. The van der Waals surface area contributed by atoms with E-state index in [1.54, 1.807) is 19.5 Å². The molecule has 176 valence electrons. The largest absolute Gasteiger partial charge is 0.362 e. The van der Waals surface area contributed by atoms with E-state index in [0.717, 1.165) is 44.8 Å². The van der Waals surface area contributed by atoms with Crippen molar-refractivity contribution < 1.29 is 4.74 Å². The van der Waals surface area contributed by atoms with Crippen molar-refractivity contribution in [1.82, 2.24) is 19.5 Å². The minimum atomic E-state index is -0.989. The summed E-state index contributed by atoms with van der Waals surface area (Å²) in [6.45, 7) is 0. The number of anilines is 1. The van der Waals surface area contributed by atoms with Gasteiger partial charge >= 0.3 is 0 Å². The Hall–Kier alpha value is -3.74. The SMILES string of the molecule is COC(c1cccnc1)(c1ccc2nc(N(C)C)c(-c3ccccc3)c(Cl)c2c1)c1nccn1C. The maximum Gasteiger partial charge on any atom is 0.177 e. The Kier molecular flexibility index (Phi) is 6.01. The van der Waals surface area contributed by atoms with Crippen LogP contribution in [0.15, 0.2) is 85.5 Å². The van der Waals surface area contributed by atoms with Crippen LogP contribution in [0.1, 0.15) is 17.0 Å². The molecule has 0 spiro atoms. The van der Waals surface area contributed by atoms with Gasteiger partial charge in [-0.2, -0.15) is 0 Å². The van der Waals surface area contributed by atoms with E-state index in [1.165, 1.54) is 0 Å². The summed E-state index contributed by atoms with van der Waals surface area (Å²) < 4.78 is 8.27. The first-order chi connectivity index (χ1) is 17.0. The van der Waals surface area contributed by atoms with Gasteiger partial charge in [0.1, 0.15) is 11.6 Å². The van der Waals surface area contributed by atoms with Crippen LogP contribution < -0.4 is 4.90 Å². The topological polar surface area (TPSA) is 56.1 Å². The zero-order chi connectivity index (χ0) is 24.6. The molecule has 0 bridgehead atoms. The highest BCUT2D eigenvalue weighted by atomic mass is 35.5. The summed E-state index contributed by atoms with van der Waals surface area (Å²) in [7, 11) is 7.60. The minimum absolute atomic E-state index is 0.641. The Balaban J connectivity index is 1.83. The lowest BCUT2D eigenvalue weighted by atomic mass is 9.85. The molecule has 0 aliphatic carbocycles. The quantitative estimate of drug-likeness (QED) is 0.310. The number of hydrogen-bond donors (Lipinski definition) is 0. The summed E-state index contributed by atoms with van der Waals surface area (Å²) in [6.07, 6.45) is 7.24. The lowest BCUT2D eigenvalue weighted by Crippen LogP contribution is -2.34. The molecule has 5 rings (SSSR count). The number of methoxy groups -OCH3 is 1. The standard InChI is InChI=1S/C28H26ClN5O/c1-33(2)26-24(19-9-6-5-7-10-19)25(29)22-17-20(12-13-23(22)32-26)28(35-4,21-11-8-14-30-18-21)27-31-15-16-34(27)3/h5-18H,1-4H3. The zero-order valence-corrected chi connectivity index (χ0v) is 20.9. The van der Waals surface area contributed by atoms with E-state index in [2.05, 4.69) is 28.2 Å². The number of aryl methyl sites for hydroxylation is 1. The molecule has 0 fully saturated rings. The summed E-state index contributed by atoms with van der Waals surface area (Å²) in [5.74, 6) is 1.56. The van der Waals surface area contributed by atoms with Gasteiger partial charge in [-0.05, 0) is 29.3 Å². The molecule has 0 aliphatic rings. The molecule has 3 heterocycles. The molecule has 0 N–H and O–H groups in total. The van der Waals surface area contributed by atoms with Gasteiger partial charge in [-0.1, -0.05) is 54.1 Å². The molecule has 0 saturated carbocycles. The van der Waals surface area contributed by atoms with Gasteiger partial charge in [0.2, 0.25) is 0 Å². The van der Waals surface area contributed by atoms with E-state index in [4.69, 9.17) is 21.3 Å². The minimum Gasteiger partial charge on any atom is -0.362 e. The monoisotopic (exact) mass is 483 g/mol. The van der Waals surface area contributed by atoms with Crippen LogP contribution in [0.2, 0.25) is 5.02 Å². The fraction of sp³-hybridized carbons (Fsp3) is 0.179. The summed E-state index contributed by atoms with van der Waals surface area (Å²) in [5.41, 5.74) is 3.47. The summed E-state index contributed by atoms with van der Waals surface area (Å²) >= 11 is 7.15. The number of fused-ring (bicyclic) bond motifs is 1. The molecule has 0 aliphatic heterocycles. The van der Waals surface area contributed by atoms with Gasteiger partial charge in [-0.25, -0.2) is 9.97 Å². The number of benzene rings is 2. The number of nitrogens with zero attached hydrogens (tertiary/aromatic N) is 5. The van der Waals surface area contributed by atoms with Crippen LogP contribution >= 0.6 is 11.6 Å². The van der Waals surface area contributed by atoms with Gasteiger partial charge in [-0.15, -0.1) is 0 Å². The predicted molar refractivity (Wildman–Crippen MR) is 141 cm³/mol. The van der Waals surface area contributed by atoms with Crippen molar-refractivity contribution in [3.63, 3.8) is 0 Å². The first-order valence-corrected chi connectivity index (χ1v) is 11.6. The van der Waals surface area contributed by atoms with Crippen molar-refractivity contribution in [2.24, 2.45) is 7.05 Å². The number of halogens is 1. The Morgan fingerprint density at radius 2 is 1.77 bits per heavy atom. The van der Waals surface area contributed by atoms with Crippen LogP contribution in [0.3, 0.4) is 0 Å². The maximum absolute atomic E-state index is 7.15. The normalized spacial score (nSPS) is 13.1. The number of hydrogen-bond acceptors (Lipinski definition) is 5. The number of aromatic nitrogens is 4. The molecule has 1 atom stereocenters. The van der Waals surface area contributed by atoms with Crippen LogP contribution in [0, 0.1) is 0 Å².